The van der Waals surface area contributed by atoms with Gasteiger partial charge in [-0.1, -0.05) is 109 Å². The second-order valence-electron chi connectivity index (χ2n) is 8.23. The van der Waals surface area contributed by atoms with E-state index in [0.29, 0.717) is 0 Å². The minimum atomic E-state index is -0.664. The normalized spacial score (nSPS) is 16.0. The maximum absolute atomic E-state index is 13.4. The number of rotatable bonds is 5. The number of hydrogen-bond acceptors (Lipinski definition) is 2. The monoisotopic (exact) mass is 418 g/mol. The summed E-state index contributed by atoms with van der Waals surface area (Å²) in [6, 6.07) is 38.9. The van der Waals surface area contributed by atoms with Gasteiger partial charge in [-0.2, -0.15) is 0 Å². The summed E-state index contributed by atoms with van der Waals surface area (Å²) in [4.78, 5) is 13.4. The standard InChI is InChI=1S/C29H26N2O/c32-28-27(21-20-22-12-10-11-19-26(22)30-28)31-29(23-13-4-1-5-14-23,24-15-6-2-7-16-24)25-17-8-3-9-18-25/h1-19,27,31H,20-21H2,(H,30,32). The molecule has 0 radical (unpaired) electrons. The van der Waals surface area contributed by atoms with Gasteiger partial charge in [0.15, 0.2) is 0 Å². The van der Waals surface area contributed by atoms with Crippen LogP contribution < -0.4 is 10.6 Å². The number of benzene rings is 4. The van der Waals surface area contributed by atoms with Crippen LogP contribution in [-0.2, 0) is 16.8 Å². The molecular weight excluding hydrogens is 392 g/mol. The first kappa shape index (κ1) is 20.2. The van der Waals surface area contributed by atoms with Gasteiger partial charge in [0, 0.05) is 5.69 Å². The van der Waals surface area contributed by atoms with Crippen LogP contribution in [0.2, 0.25) is 0 Å². The second kappa shape index (κ2) is 8.81. The number of amides is 1. The highest BCUT2D eigenvalue weighted by Crippen LogP contribution is 2.38. The molecule has 2 N–H and O–H groups in total. The van der Waals surface area contributed by atoms with Crippen LogP contribution in [0, 0.1) is 0 Å². The number of hydrogen-bond donors (Lipinski definition) is 2. The van der Waals surface area contributed by atoms with E-state index in [1.165, 1.54) is 5.56 Å². The minimum absolute atomic E-state index is 0.00196. The minimum Gasteiger partial charge on any atom is -0.324 e. The number of fused-ring (bicyclic) bond motifs is 1. The van der Waals surface area contributed by atoms with Crippen LogP contribution in [0.15, 0.2) is 115 Å². The highest BCUT2D eigenvalue weighted by atomic mass is 16.2. The summed E-state index contributed by atoms with van der Waals surface area (Å²) in [6.07, 6.45) is 1.55. The molecule has 0 fully saturated rings. The van der Waals surface area contributed by atoms with E-state index in [0.717, 1.165) is 35.2 Å². The van der Waals surface area contributed by atoms with E-state index in [9.17, 15) is 4.79 Å². The molecule has 158 valence electrons. The zero-order valence-corrected chi connectivity index (χ0v) is 17.9. The van der Waals surface area contributed by atoms with Crippen molar-refractivity contribution in [3.63, 3.8) is 0 Å². The van der Waals surface area contributed by atoms with Crippen molar-refractivity contribution < 1.29 is 4.79 Å². The smallest absolute Gasteiger partial charge is 0.241 e. The molecule has 1 atom stereocenters. The fourth-order valence-corrected chi connectivity index (χ4v) is 4.72. The molecule has 4 aromatic carbocycles. The number of nitrogens with one attached hydrogen (secondary N) is 2. The summed E-state index contributed by atoms with van der Waals surface area (Å²) in [7, 11) is 0. The molecule has 1 aliphatic rings. The lowest BCUT2D eigenvalue weighted by atomic mass is 9.76. The molecule has 0 spiro atoms. The third-order valence-corrected chi connectivity index (χ3v) is 6.31. The zero-order valence-electron chi connectivity index (χ0n) is 17.9. The summed E-state index contributed by atoms with van der Waals surface area (Å²) in [5, 5.41) is 6.98. The highest BCUT2D eigenvalue weighted by Gasteiger charge is 2.40. The summed E-state index contributed by atoms with van der Waals surface area (Å²) in [6.45, 7) is 0. The van der Waals surface area contributed by atoms with Crippen LogP contribution >= 0.6 is 0 Å². The van der Waals surface area contributed by atoms with E-state index in [1.54, 1.807) is 0 Å². The zero-order chi connectivity index (χ0) is 21.8. The van der Waals surface area contributed by atoms with Crippen LogP contribution in [-0.4, -0.2) is 11.9 Å². The van der Waals surface area contributed by atoms with E-state index in [-0.39, 0.29) is 11.9 Å². The quantitative estimate of drug-likeness (QED) is 0.419. The Hall–Kier alpha value is -3.69. The van der Waals surface area contributed by atoms with Crippen molar-refractivity contribution in [3.8, 4) is 0 Å². The third kappa shape index (κ3) is 3.72. The lowest BCUT2D eigenvalue weighted by Gasteiger charge is -2.39. The van der Waals surface area contributed by atoms with Crippen molar-refractivity contribution >= 4 is 11.6 Å². The Morgan fingerprint density at radius 1 is 0.656 bits per heavy atom. The molecule has 1 amide bonds. The fraction of sp³-hybridized carbons (Fsp3) is 0.138. The van der Waals surface area contributed by atoms with Crippen molar-refractivity contribution in [1.82, 2.24) is 5.32 Å². The predicted octanol–water partition coefficient (Wildman–Crippen LogP) is 5.52. The van der Waals surface area contributed by atoms with Crippen LogP contribution in [0.1, 0.15) is 28.7 Å². The third-order valence-electron chi connectivity index (χ3n) is 6.31. The average molecular weight is 419 g/mol. The molecule has 3 heteroatoms. The number of carbonyl (C=O) groups excluding carboxylic acids is 1. The average Bonchev–Trinajstić information content (AvgIpc) is 3.02. The highest BCUT2D eigenvalue weighted by molar-refractivity contribution is 5.96. The van der Waals surface area contributed by atoms with Gasteiger partial charge < -0.3 is 5.32 Å². The fourth-order valence-electron chi connectivity index (χ4n) is 4.72. The topological polar surface area (TPSA) is 41.1 Å². The van der Waals surface area contributed by atoms with Gasteiger partial charge in [0.1, 0.15) is 0 Å². The van der Waals surface area contributed by atoms with Crippen molar-refractivity contribution in [3.05, 3.63) is 138 Å². The van der Waals surface area contributed by atoms with E-state index < -0.39 is 5.54 Å². The van der Waals surface area contributed by atoms with Gasteiger partial charge in [-0.05, 0) is 41.2 Å². The Morgan fingerprint density at radius 3 is 1.66 bits per heavy atom. The molecule has 1 aliphatic heterocycles. The van der Waals surface area contributed by atoms with Crippen LogP contribution in [0.25, 0.3) is 0 Å². The number of carbonyl (C=O) groups is 1. The molecular formula is C29H26N2O. The Labute approximate surface area is 189 Å². The Morgan fingerprint density at radius 2 is 1.12 bits per heavy atom. The number of para-hydroxylation sites is 1. The molecule has 3 nitrogen and oxygen atoms in total. The predicted molar refractivity (Wildman–Crippen MR) is 130 cm³/mol. The van der Waals surface area contributed by atoms with Gasteiger partial charge in [0.25, 0.3) is 0 Å². The van der Waals surface area contributed by atoms with Gasteiger partial charge in [-0.3, -0.25) is 10.1 Å². The molecule has 1 heterocycles. The van der Waals surface area contributed by atoms with Crippen molar-refractivity contribution in [2.24, 2.45) is 0 Å². The molecule has 0 aliphatic carbocycles. The largest absolute Gasteiger partial charge is 0.324 e. The molecule has 0 aromatic heterocycles. The summed E-state index contributed by atoms with van der Waals surface area (Å²) < 4.78 is 0. The lowest BCUT2D eigenvalue weighted by molar-refractivity contribution is -0.118. The van der Waals surface area contributed by atoms with E-state index in [2.05, 4.69) is 89.5 Å². The van der Waals surface area contributed by atoms with Crippen molar-refractivity contribution in [1.29, 1.82) is 0 Å². The van der Waals surface area contributed by atoms with Crippen molar-refractivity contribution in [2.45, 2.75) is 24.4 Å². The molecule has 1 unspecified atom stereocenters. The lowest BCUT2D eigenvalue weighted by Crippen LogP contribution is -2.53. The molecule has 32 heavy (non-hydrogen) atoms. The first-order valence-electron chi connectivity index (χ1n) is 11.1. The van der Waals surface area contributed by atoms with Crippen LogP contribution in [0.5, 0.6) is 0 Å². The van der Waals surface area contributed by atoms with Crippen LogP contribution in [0.4, 0.5) is 5.69 Å². The second-order valence-corrected chi connectivity index (χ2v) is 8.23. The van der Waals surface area contributed by atoms with Crippen molar-refractivity contribution in [2.75, 3.05) is 5.32 Å². The van der Waals surface area contributed by atoms with E-state index >= 15 is 0 Å². The molecule has 4 aromatic rings. The Kier molecular flexibility index (Phi) is 5.57. The summed E-state index contributed by atoms with van der Waals surface area (Å²) >= 11 is 0. The number of anilines is 1. The molecule has 5 rings (SSSR count). The first-order valence-corrected chi connectivity index (χ1v) is 11.1. The molecule has 0 bridgehead atoms. The van der Waals surface area contributed by atoms with E-state index in [1.807, 2.05) is 36.4 Å². The van der Waals surface area contributed by atoms with E-state index in [4.69, 9.17) is 0 Å². The van der Waals surface area contributed by atoms with Gasteiger partial charge in [0.05, 0.1) is 11.6 Å². The Bertz CT molecular complexity index is 1090. The van der Waals surface area contributed by atoms with Gasteiger partial charge in [-0.25, -0.2) is 0 Å². The summed E-state index contributed by atoms with van der Waals surface area (Å²) in [5.41, 5.74) is 4.73. The SMILES string of the molecule is O=C1Nc2ccccc2CCC1NC(c1ccccc1)(c1ccccc1)c1ccccc1. The maximum atomic E-state index is 13.4. The van der Waals surface area contributed by atoms with Gasteiger partial charge in [-0.15, -0.1) is 0 Å². The molecule has 0 saturated carbocycles. The van der Waals surface area contributed by atoms with Gasteiger partial charge >= 0.3 is 0 Å². The summed E-state index contributed by atoms with van der Waals surface area (Å²) in [5.74, 6) is 0.00196. The van der Waals surface area contributed by atoms with Crippen LogP contribution in [0.3, 0.4) is 0 Å². The first-order chi connectivity index (χ1) is 15.8. The maximum Gasteiger partial charge on any atom is 0.241 e. The Balaban J connectivity index is 1.64. The number of aryl methyl sites for hydroxylation is 1. The molecule has 0 saturated heterocycles. The van der Waals surface area contributed by atoms with Gasteiger partial charge in [0.2, 0.25) is 5.91 Å².